The highest BCUT2D eigenvalue weighted by Gasteiger charge is 2.35. The van der Waals surface area contributed by atoms with Crippen LogP contribution in [0.25, 0.3) is 0 Å². The molecule has 0 unspecified atom stereocenters. The van der Waals surface area contributed by atoms with E-state index >= 15 is 0 Å². The summed E-state index contributed by atoms with van der Waals surface area (Å²) in [7, 11) is 0. The van der Waals surface area contributed by atoms with Gasteiger partial charge in [-0.2, -0.15) is 0 Å². The molecule has 0 aliphatic carbocycles. The van der Waals surface area contributed by atoms with Gasteiger partial charge in [-0.05, 0) is 24.5 Å². The van der Waals surface area contributed by atoms with Crippen molar-refractivity contribution in [3.63, 3.8) is 0 Å². The Morgan fingerprint density at radius 1 is 1.42 bits per heavy atom. The Bertz CT molecular complexity index is 727. The molecule has 0 bridgehead atoms. The average Bonchev–Trinajstić information content (AvgIpc) is 3.00. The zero-order valence-corrected chi connectivity index (χ0v) is 13.7. The van der Waals surface area contributed by atoms with Crippen LogP contribution in [0.4, 0.5) is 5.69 Å². The third kappa shape index (κ3) is 3.42. The quantitative estimate of drug-likeness (QED) is 0.891. The van der Waals surface area contributed by atoms with Crippen molar-refractivity contribution in [3.05, 3.63) is 36.4 Å². The number of aromatic nitrogens is 4. The zero-order chi connectivity index (χ0) is 17.1. The van der Waals surface area contributed by atoms with Gasteiger partial charge in [0.25, 0.3) is 0 Å². The molecule has 0 radical (unpaired) electrons. The van der Waals surface area contributed by atoms with Gasteiger partial charge in [-0.15, -0.1) is 5.10 Å². The van der Waals surface area contributed by atoms with Crippen LogP contribution in [0.1, 0.15) is 32.0 Å². The fraction of sp³-hybridized carbons (Fsp3) is 0.438. The number of amides is 2. The first kappa shape index (κ1) is 16.1. The molecule has 24 heavy (non-hydrogen) atoms. The van der Waals surface area contributed by atoms with Crippen LogP contribution in [0.3, 0.4) is 0 Å². The number of carbonyl (C=O) groups excluding carboxylic acids is 2. The molecule has 0 saturated heterocycles. The summed E-state index contributed by atoms with van der Waals surface area (Å²) in [5, 5.41) is 10.7. The summed E-state index contributed by atoms with van der Waals surface area (Å²) < 4.78 is 1.68. The van der Waals surface area contributed by atoms with E-state index in [0.29, 0.717) is 24.6 Å². The Morgan fingerprint density at radius 3 is 2.96 bits per heavy atom. The molecule has 0 spiro atoms. The first-order valence-corrected chi connectivity index (χ1v) is 7.92. The largest absolute Gasteiger partial charge is 0.326 e. The van der Waals surface area contributed by atoms with Gasteiger partial charge in [-0.25, -0.2) is 4.68 Å². The number of nitrogens with one attached hydrogen (secondary N) is 1. The molecule has 126 valence electrons. The molecule has 1 aliphatic rings. The molecule has 3 heterocycles. The first-order valence-electron chi connectivity index (χ1n) is 7.92. The molecular weight excluding hydrogens is 308 g/mol. The number of hydrogen-bond donors (Lipinski definition) is 1. The molecule has 1 atom stereocenters. The van der Waals surface area contributed by atoms with E-state index in [1.54, 1.807) is 40.3 Å². The fourth-order valence-electron chi connectivity index (χ4n) is 2.82. The molecule has 2 amide bonds. The number of carbonyl (C=O) groups is 2. The van der Waals surface area contributed by atoms with E-state index in [-0.39, 0.29) is 18.4 Å². The van der Waals surface area contributed by atoms with Gasteiger partial charge in [0.1, 0.15) is 12.6 Å². The molecule has 1 N–H and O–H groups in total. The molecule has 2 aromatic rings. The van der Waals surface area contributed by atoms with Gasteiger partial charge in [-0.3, -0.25) is 14.6 Å². The Labute approximate surface area is 139 Å². The number of nitrogens with zero attached hydrogens (tertiary/aromatic N) is 5. The Morgan fingerprint density at radius 2 is 2.25 bits per heavy atom. The van der Waals surface area contributed by atoms with Crippen LogP contribution in [0.2, 0.25) is 0 Å². The first-order chi connectivity index (χ1) is 11.5. The molecule has 2 aromatic heterocycles. The molecule has 0 aromatic carbocycles. The van der Waals surface area contributed by atoms with E-state index in [4.69, 9.17) is 0 Å². The number of hydrogen-bond acceptors (Lipinski definition) is 5. The standard InChI is InChI=1S/C16H20N6O2/c1-11(2)6-14-16(24)21(9-13-8-18-20-22(13)14)10-15(23)19-12-4-3-5-17-7-12/h3-5,7-8,11,14H,6,9-10H2,1-2H3,(H,19,23)/t14-/m0/s1. The van der Waals surface area contributed by atoms with Crippen LogP contribution in [0.15, 0.2) is 30.7 Å². The Kier molecular flexibility index (Phi) is 4.54. The molecule has 8 nitrogen and oxygen atoms in total. The molecular formula is C16H20N6O2. The van der Waals surface area contributed by atoms with Crippen molar-refractivity contribution in [2.75, 3.05) is 11.9 Å². The van der Waals surface area contributed by atoms with Crippen LogP contribution < -0.4 is 5.32 Å². The minimum atomic E-state index is -0.401. The van der Waals surface area contributed by atoms with Gasteiger partial charge in [0.2, 0.25) is 11.8 Å². The van der Waals surface area contributed by atoms with E-state index in [9.17, 15) is 9.59 Å². The van der Waals surface area contributed by atoms with Crippen LogP contribution in [-0.4, -0.2) is 43.2 Å². The van der Waals surface area contributed by atoms with Crippen LogP contribution in [-0.2, 0) is 16.1 Å². The summed E-state index contributed by atoms with van der Waals surface area (Å²) >= 11 is 0. The minimum Gasteiger partial charge on any atom is -0.326 e. The van der Waals surface area contributed by atoms with Crippen LogP contribution >= 0.6 is 0 Å². The lowest BCUT2D eigenvalue weighted by Crippen LogP contribution is -2.46. The maximum Gasteiger partial charge on any atom is 0.248 e. The summed E-state index contributed by atoms with van der Waals surface area (Å²) in [4.78, 5) is 30.5. The highest BCUT2D eigenvalue weighted by Crippen LogP contribution is 2.26. The van der Waals surface area contributed by atoms with E-state index in [1.807, 2.05) is 0 Å². The number of rotatable bonds is 5. The highest BCUT2D eigenvalue weighted by atomic mass is 16.2. The highest BCUT2D eigenvalue weighted by molar-refractivity contribution is 5.95. The van der Waals surface area contributed by atoms with E-state index in [1.165, 1.54) is 0 Å². The second-order valence-corrected chi connectivity index (χ2v) is 6.30. The normalized spacial score (nSPS) is 17.0. The lowest BCUT2D eigenvalue weighted by Gasteiger charge is -2.33. The van der Waals surface area contributed by atoms with Crippen LogP contribution in [0.5, 0.6) is 0 Å². The average molecular weight is 328 g/mol. The van der Waals surface area contributed by atoms with Crippen molar-refractivity contribution >= 4 is 17.5 Å². The number of fused-ring (bicyclic) bond motifs is 1. The summed E-state index contributed by atoms with van der Waals surface area (Å²) in [5.74, 6) is -0.0104. The Hall–Kier alpha value is -2.77. The van der Waals surface area contributed by atoms with Gasteiger partial charge < -0.3 is 10.2 Å². The second kappa shape index (κ2) is 6.77. The monoisotopic (exact) mass is 328 g/mol. The summed E-state index contributed by atoms with van der Waals surface area (Å²) in [6.07, 6.45) is 5.51. The second-order valence-electron chi connectivity index (χ2n) is 6.30. The third-order valence-corrected chi connectivity index (χ3v) is 3.87. The lowest BCUT2D eigenvalue weighted by atomic mass is 10.0. The van der Waals surface area contributed by atoms with Crippen molar-refractivity contribution in [2.45, 2.75) is 32.9 Å². The van der Waals surface area contributed by atoms with E-state index in [2.05, 4.69) is 34.5 Å². The summed E-state index contributed by atoms with van der Waals surface area (Å²) in [5.41, 5.74) is 1.45. The Balaban J connectivity index is 1.72. The molecule has 3 rings (SSSR count). The summed E-state index contributed by atoms with van der Waals surface area (Å²) in [6.45, 7) is 4.43. The summed E-state index contributed by atoms with van der Waals surface area (Å²) in [6, 6.07) is 3.09. The zero-order valence-electron chi connectivity index (χ0n) is 13.7. The lowest BCUT2D eigenvalue weighted by molar-refractivity contribution is -0.141. The van der Waals surface area contributed by atoms with Crippen molar-refractivity contribution in [2.24, 2.45) is 5.92 Å². The molecule has 0 saturated carbocycles. The van der Waals surface area contributed by atoms with Gasteiger partial charge >= 0.3 is 0 Å². The van der Waals surface area contributed by atoms with Crippen molar-refractivity contribution in [1.29, 1.82) is 0 Å². The third-order valence-electron chi connectivity index (χ3n) is 3.87. The maximum absolute atomic E-state index is 12.8. The predicted octanol–water partition coefficient (Wildman–Crippen LogP) is 1.24. The van der Waals surface area contributed by atoms with Gasteiger partial charge in [-0.1, -0.05) is 19.1 Å². The van der Waals surface area contributed by atoms with Crippen molar-refractivity contribution in [3.8, 4) is 0 Å². The van der Waals surface area contributed by atoms with Crippen LogP contribution in [0, 0.1) is 5.92 Å². The van der Waals surface area contributed by atoms with E-state index < -0.39 is 6.04 Å². The molecule has 8 heteroatoms. The van der Waals surface area contributed by atoms with Crippen molar-refractivity contribution < 1.29 is 9.59 Å². The smallest absolute Gasteiger partial charge is 0.248 e. The van der Waals surface area contributed by atoms with Crippen molar-refractivity contribution in [1.82, 2.24) is 24.9 Å². The number of pyridine rings is 1. The SMILES string of the molecule is CC(C)C[C@H]1C(=O)N(CC(=O)Nc2cccnc2)Cc2cnnn21. The predicted molar refractivity (Wildman–Crippen MR) is 86.8 cm³/mol. The minimum absolute atomic E-state index is 0.00645. The van der Waals surface area contributed by atoms with E-state index in [0.717, 1.165) is 5.69 Å². The van der Waals surface area contributed by atoms with Gasteiger partial charge in [0.05, 0.1) is 30.3 Å². The molecule has 0 fully saturated rings. The molecule has 1 aliphatic heterocycles. The number of anilines is 1. The maximum atomic E-state index is 12.8. The van der Waals surface area contributed by atoms with Gasteiger partial charge in [0, 0.05) is 6.20 Å². The fourth-order valence-corrected chi connectivity index (χ4v) is 2.82. The topological polar surface area (TPSA) is 93.0 Å². The van der Waals surface area contributed by atoms with Gasteiger partial charge in [0.15, 0.2) is 0 Å².